The number of hydrogen-bond donors (Lipinski definition) is 1. The second-order valence-corrected chi connectivity index (χ2v) is 4.20. The maximum Gasteiger partial charge on any atom is 0.0281 e. The summed E-state index contributed by atoms with van der Waals surface area (Å²) in [6, 6.07) is 1.36. The fourth-order valence-electron chi connectivity index (χ4n) is 2.62. The Labute approximate surface area is 80.8 Å². The first kappa shape index (κ1) is 9.22. The van der Waals surface area contributed by atoms with Gasteiger partial charge in [-0.15, -0.1) is 0 Å². The van der Waals surface area contributed by atoms with Crippen molar-refractivity contribution in [1.29, 1.82) is 0 Å². The first-order valence-corrected chi connectivity index (χ1v) is 5.54. The highest BCUT2D eigenvalue weighted by Gasteiger charge is 2.28. The van der Waals surface area contributed by atoms with Gasteiger partial charge in [0.25, 0.3) is 0 Å². The Morgan fingerprint density at radius 2 is 2.23 bits per heavy atom. The number of allylic oxidation sites excluding steroid dienone is 1. The maximum absolute atomic E-state index is 5.77. The minimum atomic E-state index is 0.660. The van der Waals surface area contributed by atoms with Gasteiger partial charge >= 0.3 is 0 Å². The highest BCUT2D eigenvalue weighted by Crippen LogP contribution is 2.24. The molecule has 0 amide bonds. The van der Waals surface area contributed by atoms with Crippen LogP contribution in [0.2, 0.25) is 0 Å². The molecule has 2 unspecified atom stereocenters. The molecule has 1 saturated heterocycles. The van der Waals surface area contributed by atoms with Crippen LogP contribution in [0.3, 0.4) is 0 Å². The number of hydrogen-bond acceptors (Lipinski definition) is 2. The number of nitrogens with two attached hydrogens (primary N) is 1. The molecule has 0 radical (unpaired) electrons. The normalized spacial score (nSPS) is 35.5. The Morgan fingerprint density at radius 3 is 2.92 bits per heavy atom. The molecule has 2 aliphatic rings. The zero-order chi connectivity index (χ0) is 9.10. The zero-order valence-corrected chi connectivity index (χ0v) is 8.28. The van der Waals surface area contributed by atoms with Crippen LogP contribution in [0.1, 0.15) is 32.1 Å². The van der Waals surface area contributed by atoms with Crippen LogP contribution in [0.15, 0.2) is 12.2 Å². The van der Waals surface area contributed by atoms with E-state index in [1.54, 1.807) is 0 Å². The summed E-state index contributed by atoms with van der Waals surface area (Å²) in [6.07, 6.45) is 11.3. The molecule has 0 bridgehead atoms. The molecule has 2 rings (SSSR count). The van der Waals surface area contributed by atoms with Crippen LogP contribution in [-0.4, -0.2) is 30.1 Å². The van der Waals surface area contributed by atoms with Crippen LogP contribution in [0.25, 0.3) is 0 Å². The molecular formula is C11H20N2. The minimum absolute atomic E-state index is 0.660. The van der Waals surface area contributed by atoms with Crippen LogP contribution >= 0.6 is 0 Å². The summed E-state index contributed by atoms with van der Waals surface area (Å²) in [7, 11) is 0. The van der Waals surface area contributed by atoms with E-state index < -0.39 is 0 Å². The summed E-state index contributed by atoms with van der Waals surface area (Å²) < 4.78 is 0. The molecule has 0 aromatic carbocycles. The molecule has 1 aliphatic carbocycles. The van der Waals surface area contributed by atoms with Crippen molar-refractivity contribution in [3.63, 3.8) is 0 Å². The van der Waals surface area contributed by atoms with E-state index >= 15 is 0 Å². The monoisotopic (exact) mass is 180 g/mol. The van der Waals surface area contributed by atoms with Gasteiger partial charge in [0.2, 0.25) is 0 Å². The predicted molar refractivity (Wildman–Crippen MR) is 55.6 cm³/mol. The third-order valence-electron chi connectivity index (χ3n) is 3.35. The van der Waals surface area contributed by atoms with Gasteiger partial charge in [-0.05, 0) is 38.6 Å². The third kappa shape index (κ3) is 1.94. The quantitative estimate of drug-likeness (QED) is 0.653. The Morgan fingerprint density at radius 1 is 1.31 bits per heavy atom. The second-order valence-electron chi connectivity index (χ2n) is 4.20. The highest BCUT2D eigenvalue weighted by atomic mass is 15.2. The molecule has 2 nitrogen and oxygen atoms in total. The highest BCUT2D eigenvalue weighted by molar-refractivity contribution is 5.01. The number of likely N-dealkylation sites (tertiary alicyclic amines) is 1. The molecule has 0 aromatic heterocycles. The van der Waals surface area contributed by atoms with Crippen LogP contribution in [0, 0.1) is 0 Å². The van der Waals surface area contributed by atoms with E-state index in [0.29, 0.717) is 12.1 Å². The van der Waals surface area contributed by atoms with Gasteiger partial charge in [-0.2, -0.15) is 0 Å². The maximum atomic E-state index is 5.77. The van der Waals surface area contributed by atoms with Gasteiger partial charge in [0, 0.05) is 18.6 Å². The molecule has 1 fully saturated rings. The fraction of sp³-hybridized carbons (Fsp3) is 0.818. The zero-order valence-electron chi connectivity index (χ0n) is 8.28. The molecule has 0 saturated carbocycles. The second kappa shape index (κ2) is 4.25. The van der Waals surface area contributed by atoms with E-state index in [-0.39, 0.29) is 0 Å². The van der Waals surface area contributed by atoms with Gasteiger partial charge in [-0.1, -0.05) is 12.2 Å². The summed E-state index contributed by atoms with van der Waals surface area (Å²) in [5, 5.41) is 0. The predicted octanol–water partition coefficient (Wildman–Crippen LogP) is 1.52. The van der Waals surface area contributed by atoms with Crippen molar-refractivity contribution in [2.24, 2.45) is 5.73 Å². The fourth-order valence-corrected chi connectivity index (χ4v) is 2.62. The van der Waals surface area contributed by atoms with Crippen molar-refractivity contribution < 1.29 is 0 Å². The van der Waals surface area contributed by atoms with Gasteiger partial charge in [0.1, 0.15) is 0 Å². The van der Waals surface area contributed by atoms with Crippen molar-refractivity contribution in [1.82, 2.24) is 4.90 Å². The largest absolute Gasteiger partial charge is 0.329 e. The molecule has 2 heteroatoms. The molecule has 74 valence electrons. The van der Waals surface area contributed by atoms with Gasteiger partial charge in [0.15, 0.2) is 0 Å². The van der Waals surface area contributed by atoms with Gasteiger partial charge in [-0.25, -0.2) is 0 Å². The first-order valence-electron chi connectivity index (χ1n) is 5.54. The van der Waals surface area contributed by atoms with E-state index in [2.05, 4.69) is 17.1 Å². The van der Waals surface area contributed by atoms with Crippen molar-refractivity contribution in [2.45, 2.75) is 44.2 Å². The summed E-state index contributed by atoms with van der Waals surface area (Å²) in [4.78, 5) is 2.61. The third-order valence-corrected chi connectivity index (χ3v) is 3.35. The van der Waals surface area contributed by atoms with E-state index in [9.17, 15) is 0 Å². The lowest BCUT2D eigenvalue weighted by Crippen LogP contribution is -2.42. The van der Waals surface area contributed by atoms with E-state index in [0.717, 1.165) is 6.54 Å². The van der Waals surface area contributed by atoms with E-state index in [1.807, 2.05) is 0 Å². The van der Waals surface area contributed by atoms with Crippen LogP contribution in [0.5, 0.6) is 0 Å². The Bertz CT molecular complexity index is 189. The number of rotatable bonds is 2. The molecule has 2 atom stereocenters. The van der Waals surface area contributed by atoms with Crippen LogP contribution in [0.4, 0.5) is 0 Å². The lowest BCUT2D eigenvalue weighted by Gasteiger charge is -2.32. The first-order chi connectivity index (χ1) is 6.42. The number of nitrogens with zero attached hydrogens (tertiary/aromatic N) is 1. The molecule has 2 N–H and O–H groups in total. The van der Waals surface area contributed by atoms with Gasteiger partial charge < -0.3 is 5.73 Å². The molecule has 13 heavy (non-hydrogen) atoms. The average molecular weight is 180 g/mol. The summed E-state index contributed by atoms with van der Waals surface area (Å²) >= 11 is 0. The molecule has 0 aromatic rings. The van der Waals surface area contributed by atoms with Crippen molar-refractivity contribution in [2.75, 3.05) is 13.1 Å². The summed E-state index contributed by atoms with van der Waals surface area (Å²) in [6.45, 7) is 2.10. The van der Waals surface area contributed by atoms with Crippen molar-refractivity contribution in [3.8, 4) is 0 Å². The topological polar surface area (TPSA) is 29.3 Å². The molecule has 1 heterocycles. The average Bonchev–Trinajstić information content (AvgIpc) is 2.67. The van der Waals surface area contributed by atoms with Gasteiger partial charge in [0.05, 0.1) is 0 Å². The molecule has 0 spiro atoms. The Balaban J connectivity index is 1.97. The summed E-state index contributed by atoms with van der Waals surface area (Å²) in [5.74, 6) is 0. The standard InChI is InChI=1S/C11H20N2/c12-9-11-7-4-8-13(11)10-5-2-1-3-6-10/h2,5,10-11H,1,3-4,6-9,12H2. The lowest BCUT2D eigenvalue weighted by atomic mass is 10.0. The smallest absolute Gasteiger partial charge is 0.0281 e. The minimum Gasteiger partial charge on any atom is -0.329 e. The molecular weight excluding hydrogens is 160 g/mol. The lowest BCUT2D eigenvalue weighted by molar-refractivity contribution is 0.200. The Kier molecular flexibility index (Phi) is 3.01. The van der Waals surface area contributed by atoms with E-state index in [1.165, 1.54) is 38.6 Å². The SMILES string of the molecule is NCC1CCCN1C1C=CCCC1. The summed E-state index contributed by atoms with van der Waals surface area (Å²) in [5.41, 5.74) is 5.77. The molecule has 1 aliphatic heterocycles. The van der Waals surface area contributed by atoms with Crippen molar-refractivity contribution >= 4 is 0 Å². The van der Waals surface area contributed by atoms with Crippen LogP contribution < -0.4 is 5.73 Å². The van der Waals surface area contributed by atoms with Gasteiger partial charge in [-0.3, -0.25) is 4.90 Å². The van der Waals surface area contributed by atoms with Crippen LogP contribution in [-0.2, 0) is 0 Å². The van der Waals surface area contributed by atoms with Crippen molar-refractivity contribution in [3.05, 3.63) is 12.2 Å². The Hall–Kier alpha value is -0.340. The van der Waals surface area contributed by atoms with E-state index in [4.69, 9.17) is 5.73 Å².